The predicted molar refractivity (Wildman–Crippen MR) is 69.8 cm³/mol. The number of halogens is 1. The van der Waals surface area contributed by atoms with E-state index in [0.717, 1.165) is 30.4 Å². The highest BCUT2D eigenvalue weighted by Gasteiger charge is 2.19. The van der Waals surface area contributed by atoms with Gasteiger partial charge in [-0.25, -0.2) is 5.01 Å². The molecule has 0 spiro atoms. The third-order valence-corrected chi connectivity index (χ3v) is 3.48. The number of benzene rings is 1. The van der Waals surface area contributed by atoms with Crippen LogP contribution in [0.1, 0.15) is 19.3 Å². The molecule has 0 radical (unpaired) electrons. The third kappa shape index (κ3) is 2.95. The minimum absolute atomic E-state index is 0.102. The first-order chi connectivity index (χ1) is 8.18. The molecule has 0 saturated carbocycles. The van der Waals surface area contributed by atoms with Gasteiger partial charge in [-0.1, -0.05) is 12.5 Å². The summed E-state index contributed by atoms with van der Waals surface area (Å²) in [7, 11) is 0. The van der Waals surface area contributed by atoms with Crippen LogP contribution in [-0.2, 0) is 0 Å². The number of nitro benzene ring substituents is 1. The first-order valence-electron chi connectivity index (χ1n) is 5.63. The van der Waals surface area contributed by atoms with Crippen molar-refractivity contribution in [2.45, 2.75) is 19.3 Å². The van der Waals surface area contributed by atoms with Crippen LogP contribution in [0.3, 0.4) is 0 Å². The zero-order chi connectivity index (χ0) is 12.3. The Morgan fingerprint density at radius 1 is 1.29 bits per heavy atom. The molecule has 1 aromatic rings. The van der Waals surface area contributed by atoms with E-state index >= 15 is 0 Å². The molecule has 92 valence electrons. The number of anilines is 1. The normalized spacial score (nSPS) is 16.8. The Balaban J connectivity index is 2.21. The van der Waals surface area contributed by atoms with Crippen molar-refractivity contribution in [3.8, 4) is 0 Å². The molecule has 1 aliphatic heterocycles. The molecule has 1 aromatic carbocycles. The molecule has 0 amide bonds. The molecular formula is C11H14BrN3O2. The molecular weight excluding hydrogens is 286 g/mol. The molecule has 0 aliphatic carbocycles. The summed E-state index contributed by atoms with van der Waals surface area (Å²) in [6.45, 7) is 1.86. The molecule has 1 N–H and O–H groups in total. The summed E-state index contributed by atoms with van der Waals surface area (Å²) in [6.07, 6.45) is 3.49. The maximum atomic E-state index is 10.9. The number of rotatable bonds is 3. The van der Waals surface area contributed by atoms with Crippen LogP contribution in [0.2, 0.25) is 0 Å². The molecule has 1 saturated heterocycles. The Labute approximate surface area is 108 Å². The fourth-order valence-corrected chi connectivity index (χ4v) is 2.38. The van der Waals surface area contributed by atoms with E-state index in [2.05, 4.69) is 21.4 Å². The quantitative estimate of drug-likeness (QED) is 0.688. The minimum atomic E-state index is -0.364. The van der Waals surface area contributed by atoms with Crippen LogP contribution in [0.15, 0.2) is 22.7 Å². The van der Waals surface area contributed by atoms with Gasteiger partial charge in [0.2, 0.25) is 0 Å². The second kappa shape index (κ2) is 5.46. The highest BCUT2D eigenvalue weighted by atomic mass is 79.9. The van der Waals surface area contributed by atoms with Gasteiger partial charge in [0.15, 0.2) is 0 Å². The molecule has 0 bridgehead atoms. The standard InChI is InChI=1S/C11H14BrN3O2/c12-9-5-4-6-10(15(16)17)11(9)13-14-7-2-1-3-8-14/h4-6,13H,1-3,7-8H2. The van der Waals surface area contributed by atoms with E-state index in [4.69, 9.17) is 0 Å². The highest BCUT2D eigenvalue weighted by molar-refractivity contribution is 9.10. The summed E-state index contributed by atoms with van der Waals surface area (Å²) in [4.78, 5) is 10.6. The highest BCUT2D eigenvalue weighted by Crippen LogP contribution is 2.32. The molecule has 2 rings (SSSR count). The number of piperidine rings is 1. The second-order valence-corrected chi connectivity index (χ2v) is 4.90. The monoisotopic (exact) mass is 299 g/mol. The average Bonchev–Trinajstić information content (AvgIpc) is 2.33. The van der Waals surface area contributed by atoms with Crippen molar-refractivity contribution in [2.75, 3.05) is 18.5 Å². The lowest BCUT2D eigenvalue weighted by Crippen LogP contribution is -2.35. The Kier molecular flexibility index (Phi) is 3.96. The SMILES string of the molecule is O=[N+]([O-])c1cccc(Br)c1NN1CCCCC1. The maximum absolute atomic E-state index is 10.9. The molecule has 5 nitrogen and oxygen atoms in total. The first-order valence-corrected chi connectivity index (χ1v) is 6.42. The van der Waals surface area contributed by atoms with Gasteiger partial charge in [0.25, 0.3) is 5.69 Å². The van der Waals surface area contributed by atoms with Gasteiger partial charge in [0, 0.05) is 23.6 Å². The summed E-state index contributed by atoms with van der Waals surface area (Å²) < 4.78 is 0.720. The largest absolute Gasteiger partial charge is 0.312 e. The molecule has 0 aromatic heterocycles. The molecule has 17 heavy (non-hydrogen) atoms. The van der Waals surface area contributed by atoms with E-state index in [1.165, 1.54) is 12.5 Å². The van der Waals surface area contributed by atoms with Gasteiger partial charge < -0.3 is 5.43 Å². The molecule has 1 heterocycles. The van der Waals surface area contributed by atoms with E-state index in [1.807, 2.05) is 5.01 Å². The van der Waals surface area contributed by atoms with Crippen LogP contribution < -0.4 is 5.43 Å². The molecule has 0 unspecified atom stereocenters. The van der Waals surface area contributed by atoms with Gasteiger partial charge in [-0.2, -0.15) is 0 Å². The average molecular weight is 300 g/mol. The van der Waals surface area contributed by atoms with Crippen molar-refractivity contribution in [2.24, 2.45) is 0 Å². The molecule has 1 fully saturated rings. The summed E-state index contributed by atoms with van der Waals surface area (Å²) >= 11 is 3.35. The lowest BCUT2D eigenvalue weighted by molar-refractivity contribution is -0.384. The first kappa shape index (κ1) is 12.3. The lowest BCUT2D eigenvalue weighted by Gasteiger charge is -2.28. The fraction of sp³-hybridized carbons (Fsp3) is 0.455. The van der Waals surface area contributed by atoms with Crippen LogP contribution in [0, 0.1) is 10.1 Å². The van der Waals surface area contributed by atoms with E-state index in [-0.39, 0.29) is 10.6 Å². The zero-order valence-corrected chi connectivity index (χ0v) is 10.9. The van der Waals surface area contributed by atoms with Crippen LogP contribution >= 0.6 is 15.9 Å². The minimum Gasteiger partial charge on any atom is -0.312 e. The fourth-order valence-electron chi connectivity index (χ4n) is 1.94. The molecule has 0 atom stereocenters. The van der Waals surface area contributed by atoms with E-state index in [9.17, 15) is 10.1 Å². The summed E-state index contributed by atoms with van der Waals surface area (Å²) in [5.41, 5.74) is 3.79. The van der Waals surface area contributed by atoms with Gasteiger partial charge in [0.05, 0.1) is 4.92 Å². The Morgan fingerprint density at radius 2 is 2.00 bits per heavy atom. The number of hydrazine groups is 1. The van der Waals surface area contributed by atoms with Gasteiger partial charge in [0.1, 0.15) is 5.69 Å². The number of nitro groups is 1. The van der Waals surface area contributed by atoms with Gasteiger partial charge in [-0.3, -0.25) is 10.1 Å². The van der Waals surface area contributed by atoms with Crippen molar-refractivity contribution < 1.29 is 4.92 Å². The maximum Gasteiger partial charge on any atom is 0.294 e. The van der Waals surface area contributed by atoms with Gasteiger partial charge in [-0.05, 0) is 34.8 Å². The smallest absolute Gasteiger partial charge is 0.294 e. The third-order valence-electron chi connectivity index (χ3n) is 2.81. The van der Waals surface area contributed by atoms with E-state index < -0.39 is 0 Å². The van der Waals surface area contributed by atoms with Crippen LogP contribution in [0.4, 0.5) is 11.4 Å². The second-order valence-electron chi connectivity index (χ2n) is 4.05. The lowest BCUT2D eigenvalue weighted by atomic mass is 10.2. The topological polar surface area (TPSA) is 58.4 Å². The van der Waals surface area contributed by atoms with Crippen molar-refractivity contribution in [3.63, 3.8) is 0 Å². The van der Waals surface area contributed by atoms with Crippen molar-refractivity contribution in [1.82, 2.24) is 5.01 Å². The predicted octanol–water partition coefficient (Wildman–Crippen LogP) is 3.17. The number of para-hydroxylation sites is 1. The Morgan fingerprint density at radius 3 is 2.65 bits per heavy atom. The van der Waals surface area contributed by atoms with Crippen molar-refractivity contribution in [3.05, 3.63) is 32.8 Å². The number of nitrogens with one attached hydrogen (secondary N) is 1. The van der Waals surface area contributed by atoms with Crippen molar-refractivity contribution >= 4 is 27.3 Å². The van der Waals surface area contributed by atoms with Crippen molar-refractivity contribution in [1.29, 1.82) is 0 Å². The van der Waals surface area contributed by atoms with Crippen LogP contribution in [-0.4, -0.2) is 23.0 Å². The van der Waals surface area contributed by atoms with Crippen LogP contribution in [0.25, 0.3) is 0 Å². The van der Waals surface area contributed by atoms with Crippen LogP contribution in [0.5, 0.6) is 0 Å². The molecule has 1 aliphatic rings. The summed E-state index contributed by atoms with van der Waals surface area (Å²) in [6, 6.07) is 4.99. The molecule has 6 heteroatoms. The number of hydrogen-bond acceptors (Lipinski definition) is 4. The Bertz CT molecular complexity index is 419. The van der Waals surface area contributed by atoms with Gasteiger partial charge >= 0.3 is 0 Å². The van der Waals surface area contributed by atoms with E-state index in [0.29, 0.717) is 5.69 Å². The van der Waals surface area contributed by atoms with Gasteiger partial charge in [-0.15, -0.1) is 0 Å². The number of nitrogens with zero attached hydrogens (tertiary/aromatic N) is 2. The zero-order valence-electron chi connectivity index (χ0n) is 9.36. The summed E-state index contributed by atoms with van der Waals surface area (Å²) in [5, 5.41) is 13.0. The Hall–Kier alpha value is -1.14. The van der Waals surface area contributed by atoms with E-state index in [1.54, 1.807) is 12.1 Å². The number of hydrogen-bond donors (Lipinski definition) is 1. The summed E-state index contributed by atoms with van der Waals surface area (Å²) in [5.74, 6) is 0.